The summed E-state index contributed by atoms with van der Waals surface area (Å²) in [6, 6.07) is 5.36. The third-order valence-corrected chi connectivity index (χ3v) is 6.43. The van der Waals surface area contributed by atoms with Crippen LogP contribution in [0.15, 0.2) is 36.8 Å². The van der Waals surface area contributed by atoms with E-state index >= 15 is 0 Å². The zero-order valence-corrected chi connectivity index (χ0v) is 19.9. The fraction of sp³-hybridized carbons (Fsp3) is 0.280. The van der Waals surface area contributed by atoms with Gasteiger partial charge in [-0.25, -0.2) is 14.5 Å². The molecule has 1 fully saturated rings. The Kier molecular flexibility index (Phi) is 5.75. The van der Waals surface area contributed by atoms with Crippen molar-refractivity contribution in [2.45, 2.75) is 45.7 Å². The number of fused-ring (bicyclic) bond motifs is 1. The van der Waals surface area contributed by atoms with Crippen molar-refractivity contribution >= 4 is 23.4 Å². The lowest BCUT2D eigenvalue weighted by molar-refractivity contribution is 0.0698. The van der Waals surface area contributed by atoms with Crippen LogP contribution in [0.3, 0.4) is 0 Å². The van der Waals surface area contributed by atoms with E-state index in [9.17, 15) is 14.7 Å². The molecule has 11 nitrogen and oxygen atoms in total. The number of amidine groups is 1. The maximum atomic E-state index is 12.7. The van der Waals surface area contributed by atoms with Crippen molar-refractivity contribution in [1.82, 2.24) is 29.7 Å². The number of hydrogen-bond donors (Lipinski definition) is 4. The summed E-state index contributed by atoms with van der Waals surface area (Å²) in [5.41, 5.74) is 11.4. The zero-order valence-electron chi connectivity index (χ0n) is 19.9. The molecule has 0 aliphatic heterocycles. The number of carboxylic acids is 1. The van der Waals surface area contributed by atoms with Crippen molar-refractivity contribution in [2.75, 3.05) is 0 Å². The Morgan fingerprint density at radius 1 is 1.17 bits per heavy atom. The highest BCUT2D eigenvalue weighted by atomic mass is 16.4. The van der Waals surface area contributed by atoms with E-state index < -0.39 is 5.97 Å². The first-order valence-electron chi connectivity index (χ1n) is 11.6. The molecule has 0 atom stereocenters. The predicted octanol–water partition coefficient (Wildman–Crippen LogP) is 2.38. The third-order valence-electron chi connectivity index (χ3n) is 6.43. The smallest absolute Gasteiger partial charge is 0.339 e. The standard InChI is InChI=1S/C25H26N8O3/c1-13-5-16(22(26)27)6-14(2)20(13)8-28-24(34)21-12-33(31-30-21)11-18-10-32-9-17(15-3-4-15)7-19(25(35)36)23(32)29-18/h5-7,9-10,12,15H,3-4,8,11H2,1-2H3,(H3,26,27)(H,28,34)(H,35,36). The van der Waals surface area contributed by atoms with Gasteiger partial charge in [-0.05, 0) is 73.1 Å². The lowest BCUT2D eigenvalue weighted by Gasteiger charge is -2.12. The highest BCUT2D eigenvalue weighted by Gasteiger charge is 2.26. The second kappa shape index (κ2) is 8.91. The van der Waals surface area contributed by atoms with Crippen molar-refractivity contribution in [3.8, 4) is 0 Å². The lowest BCUT2D eigenvalue weighted by Crippen LogP contribution is -2.24. The molecule has 36 heavy (non-hydrogen) atoms. The zero-order chi connectivity index (χ0) is 25.6. The van der Waals surface area contributed by atoms with Gasteiger partial charge in [0, 0.05) is 24.5 Å². The van der Waals surface area contributed by atoms with Crippen molar-refractivity contribution in [2.24, 2.45) is 5.73 Å². The molecule has 1 aromatic carbocycles. The first-order valence-corrected chi connectivity index (χ1v) is 11.6. The van der Waals surface area contributed by atoms with Gasteiger partial charge in [0.1, 0.15) is 11.4 Å². The number of carbonyl (C=O) groups is 2. The van der Waals surface area contributed by atoms with Crippen LogP contribution >= 0.6 is 0 Å². The van der Waals surface area contributed by atoms with Crippen LogP contribution in [-0.4, -0.2) is 47.2 Å². The Morgan fingerprint density at radius 3 is 2.53 bits per heavy atom. The summed E-state index contributed by atoms with van der Waals surface area (Å²) in [5, 5.41) is 28.1. The third kappa shape index (κ3) is 4.54. The number of carbonyl (C=O) groups excluding carboxylic acids is 1. The average molecular weight is 487 g/mol. The minimum absolute atomic E-state index is 0.00143. The average Bonchev–Trinajstić information content (AvgIpc) is 3.43. The van der Waals surface area contributed by atoms with Crippen molar-refractivity contribution in [3.63, 3.8) is 0 Å². The second-order valence-corrected chi connectivity index (χ2v) is 9.22. The fourth-order valence-corrected chi connectivity index (χ4v) is 4.38. The Bertz CT molecular complexity index is 1510. The Labute approximate surface area is 206 Å². The molecule has 5 rings (SSSR count). The first-order chi connectivity index (χ1) is 17.2. The normalized spacial score (nSPS) is 13.2. The van der Waals surface area contributed by atoms with Crippen LogP contribution in [0, 0.1) is 19.3 Å². The van der Waals surface area contributed by atoms with E-state index in [2.05, 4.69) is 20.6 Å². The van der Waals surface area contributed by atoms with Crippen LogP contribution in [0.1, 0.15) is 73.1 Å². The SMILES string of the molecule is Cc1cc(C(=N)N)cc(C)c1CNC(=O)c1cn(Cc2cn3cc(C4CC4)cc(C(=O)O)c3n2)nn1. The number of carboxylic acid groups (broad SMARTS) is 1. The minimum Gasteiger partial charge on any atom is -0.478 e. The highest BCUT2D eigenvalue weighted by Crippen LogP contribution is 2.40. The number of imidazole rings is 1. The highest BCUT2D eigenvalue weighted by molar-refractivity contribution is 5.96. The predicted molar refractivity (Wildman–Crippen MR) is 131 cm³/mol. The van der Waals surface area contributed by atoms with Crippen molar-refractivity contribution in [3.05, 3.63) is 81.6 Å². The fourth-order valence-electron chi connectivity index (χ4n) is 4.38. The molecule has 3 aromatic heterocycles. The van der Waals surface area contributed by atoms with E-state index in [1.54, 1.807) is 16.7 Å². The maximum absolute atomic E-state index is 12.7. The van der Waals surface area contributed by atoms with Crippen molar-refractivity contribution < 1.29 is 14.7 Å². The summed E-state index contributed by atoms with van der Waals surface area (Å²) in [6.07, 6.45) is 7.39. The maximum Gasteiger partial charge on any atom is 0.339 e. The summed E-state index contributed by atoms with van der Waals surface area (Å²) in [4.78, 5) is 28.9. The monoisotopic (exact) mass is 486 g/mol. The van der Waals surface area contributed by atoms with Gasteiger partial charge in [-0.15, -0.1) is 5.10 Å². The number of aromatic nitrogens is 5. The molecule has 1 aliphatic carbocycles. The van der Waals surface area contributed by atoms with E-state index in [-0.39, 0.29) is 29.5 Å². The van der Waals surface area contributed by atoms with Crippen LogP contribution in [0.2, 0.25) is 0 Å². The number of benzene rings is 1. The van der Waals surface area contributed by atoms with Crippen LogP contribution in [0.25, 0.3) is 5.65 Å². The minimum atomic E-state index is -1.01. The molecule has 0 spiro atoms. The lowest BCUT2D eigenvalue weighted by atomic mass is 9.99. The summed E-state index contributed by atoms with van der Waals surface area (Å²) < 4.78 is 3.25. The molecule has 5 N–H and O–H groups in total. The Balaban J connectivity index is 1.29. The Morgan fingerprint density at radius 2 is 1.89 bits per heavy atom. The Hall–Kier alpha value is -4.54. The van der Waals surface area contributed by atoms with Gasteiger partial charge in [0.2, 0.25) is 0 Å². The number of hydrogen-bond acceptors (Lipinski definition) is 6. The van der Waals surface area contributed by atoms with E-state index in [1.165, 1.54) is 10.9 Å². The molecule has 184 valence electrons. The van der Waals surface area contributed by atoms with Gasteiger partial charge in [0.25, 0.3) is 5.91 Å². The number of nitrogens with zero attached hydrogens (tertiary/aromatic N) is 5. The molecule has 0 bridgehead atoms. The number of aryl methyl sites for hydroxylation is 2. The number of nitrogens with two attached hydrogens (primary N) is 1. The molecule has 0 radical (unpaired) electrons. The summed E-state index contributed by atoms with van der Waals surface area (Å²) in [6.45, 7) is 4.37. The van der Waals surface area contributed by atoms with Gasteiger partial charge in [-0.1, -0.05) is 5.21 Å². The molecule has 1 aliphatic rings. The first kappa shape index (κ1) is 23.2. The summed E-state index contributed by atoms with van der Waals surface area (Å²) in [5.74, 6) is -0.968. The van der Waals surface area contributed by atoms with Crippen molar-refractivity contribution in [1.29, 1.82) is 5.41 Å². The molecule has 1 saturated carbocycles. The van der Waals surface area contributed by atoms with Gasteiger partial charge in [0.15, 0.2) is 11.3 Å². The topological polar surface area (TPSA) is 164 Å². The number of aromatic carboxylic acids is 1. The molecule has 1 amide bonds. The molecule has 0 saturated heterocycles. The van der Waals surface area contributed by atoms with Gasteiger partial charge in [-0.3, -0.25) is 10.2 Å². The molecule has 0 unspecified atom stereocenters. The second-order valence-electron chi connectivity index (χ2n) is 9.22. The number of amides is 1. The quantitative estimate of drug-likeness (QED) is 0.219. The number of nitrogens with one attached hydrogen (secondary N) is 2. The van der Waals surface area contributed by atoms with Gasteiger partial charge < -0.3 is 20.6 Å². The van der Waals surface area contributed by atoms with E-state index in [0.717, 1.165) is 35.1 Å². The molecule has 4 aromatic rings. The van der Waals surface area contributed by atoms with Crippen LogP contribution < -0.4 is 11.1 Å². The van der Waals surface area contributed by atoms with Crippen LogP contribution in [0.4, 0.5) is 0 Å². The van der Waals surface area contributed by atoms with Gasteiger partial charge >= 0.3 is 5.97 Å². The summed E-state index contributed by atoms with van der Waals surface area (Å²) >= 11 is 0. The summed E-state index contributed by atoms with van der Waals surface area (Å²) in [7, 11) is 0. The van der Waals surface area contributed by atoms with E-state index in [4.69, 9.17) is 11.1 Å². The number of rotatable bonds is 8. The molecule has 11 heteroatoms. The van der Waals surface area contributed by atoms with Gasteiger partial charge in [0.05, 0.1) is 18.4 Å². The van der Waals surface area contributed by atoms with E-state index in [0.29, 0.717) is 29.4 Å². The number of nitrogen functional groups attached to an aromatic ring is 1. The van der Waals surface area contributed by atoms with Crippen LogP contribution in [-0.2, 0) is 13.1 Å². The molecular weight excluding hydrogens is 460 g/mol. The largest absolute Gasteiger partial charge is 0.478 e. The molecule has 3 heterocycles. The number of pyridine rings is 1. The van der Waals surface area contributed by atoms with Crippen LogP contribution in [0.5, 0.6) is 0 Å². The molecular formula is C25H26N8O3. The van der Waals surface area contributed by atoms with Gasteiger partial charge in [-0.2, -0.15) is 0 Å². The van der Waals surface area contributed by atoms with E-state index in [1.807, 2.05) is 32.2 Å².